The van der Waals surface area contributed by atoms with E-state index in [0.717, 1.165) is 0 Å². The molecule has 0 saturated heterocycles. The van der Waals surface area contributed by atoms with Gasteiger partial charge in [0.05, 0.1) is 0 Å². The number of halogens is 6. The summed E-state index contributed by atoms with van der Waals surface area (Å²) in [5.74, 6) is -1.78. The molecule has 0 aliphatic rings. The van der Waals surface area contributed by atoms with Gasteiger partial charge in [0.2, 0.25) is 0 Å². The lowest BCUT2D eigenvalue weighted by Crippen LogP contribution is -2.63. The predicted octanol–water partition coefficient (Wildman–Crippen LogP) is 2.07. The molecule has 0 aromatic carbocycles. The molecule has 0 aromatic rings. The third kappa shape index (κ3) is 4.35. The summed E-state index contributed by atoms with van der Waals surface area (Å²) in [5.41, 5.74) is 1.48. The first-order valence-electron chi connectivity index (χ1n) is 5.04. The third-order valence-electron chi connectivity index (χ3n) is 2.18. The fourth-order valence-electron chi connectivity index (χ4n) is 1.19. The van der Waals surface area contributed by atoms with Crippen molar-refractivity contribution in [2.24, 2.45) is 5.73 Å². The molecule has 9 heteroatoms. The van der Waals surface area contributed by atoms with E-state index in [0.29, 0.717) is 6.92 Å². The van der Waals surface area contributed by atoms with Crippen molar-refractivity contribution in [3.63, 3.8) is 0 Å². The molecule has 1 unspecified atom stereocenters. The van der Waals surface area contributed by atoms with Crippen LogP contribution in [0.3, 0.4) is 0 Å². The highest BCUT2D eigenvalue weighted by atomic mass is 19.4. The lowest BCUT2D eigenvalue weighted by Gasteiger charge is -2.33. The van der Waals surface area contributed by atoms with Crippen molar-refractivity contribution in [2.75, 3.05) is 13.1 Å². The second-order valence-electron chi connectivity index (χ2n) is 4.04. The Morgan fingerprint density at radius 3 is 1.89 bits per heavy atom. The van der Waals surface area contributed by atoms with Crippen LogP contribution < -0.4 is 5.73 Å². The van der Waals surface area contributed by atoms with Gasteiger partial charge in [-0.05, 0) is 13.3 Å². The van der Waals surface area contributed by atoms with Crippen molar-refractivity contribution >= 4 is 5.91 Å². The molecule has 0 aliphatic carbocycles. The zero-order valence-corrected chi connectivity index (χ0v) is 9.82. The Labute approximate surface area is 99.9 Å². The van der Waals surface area contributed by atoms with Crippen LogP contribution in [0.5, 0.6) is 0 Å². The molecule has 0 saturated carbocycles. The van der Waals surface area contributed by atoms with Gasteiger partial charge in [-0.2, -0.15) is 26.3 Å². The van der Waals surface area contributed by atoms with Crippen LogP contribution in [0.15, 0.2) is 0 Å². The summed E-state index contributed by atoms with van der Waals surface area (Å²) in [7, 11) is 0. The second-order valence-corrected chi connectivity index (χ2v) is 4.04. The van der Waals surface area contributed by atoms with Gasteiger partial charge in [0, 0.05) is 6.54 Å². The number of alkyl halides is 6. The van der Waals surface area contributed by atoms with Gasteiger partial charge < -0.3 is 10.6 Å². The summed E-state index contributed by atoms with van der Waals surface area (Å²) < 4.78 is 73.9. The smallest absolute Gasteiger partial charge is 0.332 e. The first-order chi connectivity index (χ1) is 7.83. The summed E-state index contributed by atoms with van der Waals surface area (Å²) in [6, 6.07) is 0. The first-order valence-corrected chi connectivity index (χ1v) is 5.04. The maximum atomic E-state index is 12.5. The van der Waals surface area contributed by atoms with Crippen molar-refractivity contribution < 1.29 is 31.1 Å². The molecule has 0 rings (SSSR count). The van der Waals surface area contributed by atoms with E-state index in [2.05, 4.69) is 0 Å². The fourth-order valence-corrected chi connectivity index (χ4v) is 1.19. The molecular formula is C9H14F6N2O. The normalized spacial score (nSPS) is 16.3. The van der Waals surface area contributed by atoms with E-state index in [9.17, 15) is 31.1 Å². The van der Waals surface area contributed by atoms with E-state index in [1.807, 2.05) is 0 Å². The van der Waals surface area contributed by atoms with Gasteiger partial charge in [0.25, 0.3) is 5.91 Å². The van der Waals surface area contributed by atoms with Crippen LogP contribution in [0.1, 0.15) is 20.3 Å². The van der Waals surface area contributed by atoms with Gasteiger partial charge in [-0.1, -0.05) is 6.92 Å². The Morgan fingerprint density at radius 2 is 1.61 bits per heavy atom. The summed E-state index contributed by atoms with van der Waals surface area (Å²) >= 11 is 0. The molecule has 0 bridgehead atoms. The number of rotatable bonds is 4. The number of nitrogens with two attached hydrogens (primary N) is 1. The number of amides is 1. The Morgan fingerprint density at radius 1 is 1.17 bits per heavy atom. The first kappa shape index (κ1) is 17.0. The SMILES string of the molecule is CCCN(CC(F)(F)F)C(=O)C(C)(N)C(F)(F)F. The van der Waals surface area contributed by atoms with Crippen LogP contribution in [0, 0.1) is 0 Å². The lowest BCUT2D eigenvalue weighted by atomic mass is 10.0. The summed E-state index contributed by atoms with van der Waals surface area (Å²) in [5, 5.41) is 0. The van der Waals surface area contributed by atoms with E-state index in [1.54, 1.807) is 0 Å². The predicted molar refractivity (Wildman–Crippen MR) is 51.6 cm³/mol. The molecular weight excluding hydrogens is 266 g/mol. The van der Waals surface area contributed by atoms with E-state index in [4.69, 9.17) is 5.73 Å². The number of carbonyl (C=O) groups excluding carboxylic acids is 1. The molecule has 108 valence electrons. The van der Waals surface area contributed by atoms with Crippen LogP contribution in [-0.4, -0.2) is 41.8 Å². The molecule has 2 N–H and O–H groups in total. The van der Waals surface area contributed by atoms with E-state index < -0.39 is 36.9 Å². The van der Waals surface area contributed by atoms with Gasteiger partial charge in [-0.25, -0.2) is 0 Å². The number of nitrogens with zero attached hydrogens (tertiary/aromatic N) is 1. The average molecular weight is 280 g/mol. The van der Waals surface area contributed by atoms with Crippen LogP contribution in [0.4, 0.5) is 26.3 Å². The molecule has 0 aliphatic heterocycles. The van der Waals surface area contributed by atoms with Crippen LogP contribution in [-0.2, 0) is 4.79 Å². The summed E-state index contributed by atoms with van der Waals surface area (Å²) in [6.07, 6.45) is -9.79. The summed E-state index contributed by atoms with van der Waals surface area (Å²) in [4.78, 5) is 11.5. The molecule has 1 atom stereocenters. The molecule has 0 aromatic heterocycles. The van der Waals surface area contributed by atoms with Crippen molar-refractivity contribution in [2.45, 2.75) is 38.2 Å². The highest BCUT2D eigenvalue weighted by molar-refractivity contribution is 5.86. The van der Waals surface area contributed by atoms with Crippen LogP contribution in [0.2, 0.25) is 0 Å². The molecule has 0 fully saturated rings. The minimum Gasteiger partial charge on any atom is -0.332 e. The fraction of sp³-hybridized carbons (Fsp3) is 0.889. The molecule has 0 heterocycles. The molecule has 1 amide bonds. The Balaban J connectivity index is 5.09. The Hall–Kier alpha value is -0.990. The van der Waals surface area contributed by atoms with Crippen LogP contribution in [0.25, 0.3) is 0 Å². The Kier molecular flexibility index (Phi) is 5.04. The largest absolute Gasteiger partial charge is 0.415 e. The highest BCUT2D eigenvalue weighted by Gasteiger charge is 2.56. The van der Waals surface area contributed by atoms with E-state index >= 15 is 0 Å². The van der Waals surface area contributed by atoms with Crippen molar-refractivity contribution in [3.05, 3.63) is 0 Å². The monoisotopic (exact) mass is 280 g/mol. The maximum absolute atomic E-state index is 12.5. The third-order valence-corrected chi connectivity index (χ3v) is 2.18. The van der Waals surface area contributed by atoms with Gasteiger partial charge in [0.1, 0.15) is 6.54 Å². The average Bonchev–Trinajstić information content (AvgIpc) is 2.12. The molecule has 0 radical (unpaired) electrons. The zero-order valence-electron chi connectivity index (χ0n) is 9.82. The van der Waals surface area contributed by atoms with E-state index in [-0.39, 0.29) is 11.3 Å². The molecule has 0 spiro atoms. The zero-order chi connectivity index (χ0) is 14.8. The van der Waals surface area contributed by atoms with E-state index in [1.165, 1.54) is 6.92 Å². The molecule has 3 nitrogen and oxygen atoms in total. The van der Waals surface area contributed by atoms with Crippen molar-refractivity contribution in [1.29, 1.82) is 0 Å². The second kappa shape index (κ2) is 5.33. The van der Waals surface area contributed by atoms with Gasteiger partial charge in [0.15, 0.2) is 5.54 Å². The van der Waals surface area contributed by atoms with Gasteiger partial charge in [-0.15, -0.1) is 0 Å². The topological polar surface area (TPSA) is 46.3 Å². The van der Waals surface area contributed by atoms with Gasteiger partial charge in [-0.3, -0.25) is 4.79 Å². The standard InChI is InChI=1S/C9H14F6N2O/c1-3-4-17(5-8(10,11)12)6(18)7(2,16)9(13,14)15/h3-5,16H2,1-2H3. The van der Waals surface area contributed by atoms with Crippen molar-refractivity contribution in [3.8, 4) is 0 Å². The minimum atomic E-state index is -5.11. The number of hydrogen-bond donors (Lipinski definition) is 1. The maximum Gasteiger partial charge on any atom is 0.415 e. The lowest BCUT2D eigenvalue weighted by molar-refractivity contribution is -0.201. The number of hydrogen-bond acceptors (Lipinski definition) is 2. The minimum absolute atomic E-state index is 0.0769. The Bertz CT molecular complexity index is 296. The van der Waals surface area contributed by atoms with Crippen molar-refractivity contribution in [1.82, 2.24) is 4.90 Å². The number of carbonyl (C=O) groups is 1. The highest BCUT2D eigenvalue weighted by Crippen LogP contribution is 2.30. The molecule has 18 heavy (non-hydrogen) atoms. The quantitative estimate of drug-likeness (QED) is 0.801. The van der Waals surface area contributed by atoms with Crippen LogP contribution >= 0.6 is 0 Å². The summed E-state index contributed by atoms with van der Waals surface area (Å²) in [6.45, 7) is -0.393. The van der Waals surface area contributed by atoms with Gasteiger partial charge >= 0.3 is 12.4 Å².